The molecule has 0 bridgehead atoms. The van der Waals surface area contributed by atoms with Gasteiger partial charge >= 0.3 is 0 Å². The standard InChI is InChI=1S/C12H28Br2Si2/c1-5-15(13,6-2)11-9-10-12-16(14,7-3)8-4/h5-12H2,1-4H3. The van der Waals surface area contributed by atoms with Crippen LogP contribution in [0.3, 0.4) is 0 Å². The van der Waals surface area contributed by atoms with Crippen LogP contribution in [0.2, 0.25) is 36.3 Å². The van der Waals surface area contributed by atoms with Gasteiger partial charge in [-0.3, -0.25) is 0 Å². The highest BCUT2D eigenvalue weighted by molar-refractivity contribution is 9.26. The van der Waals surface area contributed by atoms with Gasteiger partial charge in [0.25, 0.3) is 0 Å². The zero-order chi connectivity index (χ0) is 12.7. The molecule has 4 heteroatoms. The second kappa shape index (κ2) is 8.49. The van der Waals surface area contributed by atoms with Crippen LogP contribution in [0.15, 0.2) is 0 Å². The first-order valence-corrected chi connectivity index (χ1v) is 16.6. The van der Waals surface area contributed by atoms with E-state index in [9.17, 15) is 0 Å². The number of hydrogen-bond acceptors (Lipinski definition) is 0. The lowest BCUT2D eigenvalue weighted by molar-refractivity contribution is 0.850. The Morgan fingerprint density at radius 2 is 0.875 bits per heavy atom. The average Bonchev–Trinajstić information content (AvgIpc) is 2.34. The minimum absolute atomic E-state index is 1.00. The van der Waals surface area contributed by atoms with Crippen LogP contribution in [0.5, 0.6) is 0 Å². The second-order valence-electron chi connectivity index (χ2n) is 4.92. The maximum absolute atomic E-state index is 4.04. The van der Waals surface area contributed by atoms with Gasteiger partial charge in [-0.25, -0.2) is 0 Å². The van der Waals surface area contributed by atoms with Crippen LogP contribution in [-0.4, -0.2) is 13.4 Å². The second-order valence-corrected chi connectivity index (χ2v) is 23.4. The topological polar surface area (TPSA) is 0 Å². The third-order valence-electron chi connectivity index (χ3n) is 4.03. The first-order chi connectivity index (χ1) is 7.45. The Kier molecular flexibility index (Phi) is 9.23. The Morgan fingerprint density at radius 3 is 1.06 bits per heavy atom. The fourth-order valence-corrected chi connectivity index (χ4v) is 7.95. The highest BCUT2D eigenvalue weighted by atomic mass is 79.9. The number of halogens is 2. The molecule has 0 aromatic rings. The minimum atomic E-state index is -1.00. The van der Waals surface area contributed by atoms with Gasteiger partial charge in [0.15, 0.2) is 0 Å². The molecule has 0 amide bonds. The van der Waals surface area contributed by atoms with E-state index < -0.39 is 13.4 Å². The molecule has 0 fully saturated rings. The van der Waals surface area contributed by atoms with Gasteiger partial charge in [0.2, 0.25) is 0 Å². The molecule has 0 rings (SSSR count). The number of rotatable bonds is 9. The number of hydrogen-bond donors (Lipinski definition) is 0. The smallest absolute Gasteiger partial charge is 0.126 e. The van der Waals surface area contributed by atoms with Crippen molar-refractivity contribution in [2.45, 2.75) is 76.8 Å². The Hall–Kier alpha value is 1.39. The Bertz CT molecular complexity index is 158. The summed E-state index contributed by atoms with van der Waals surface area (Å²) in [6.07, 6.45) is 2.89. The first-order valence-electron chi connectivity index (χ1n) is 6.83. The van der Waals surface area contributed by atoms with Crippen molar-refractivity contribution in [3.63, 3.8) is 0 Å². The third-order valence-corrected chi connectivity index (χ3v) is 20.7. The summed E-state index contributed by atoms with van der Waals surface area (Å²) in [5, 5.41) is 0. The van der Waals surface area contributed by atoms with Crippen LogP contribution in [0.25, 0.3) is 0 Å². The Labute approximate surface area is 120 Å². The van der Waals surface area contributed by atoms with E-state index in [0.29, 0.717) is 0 Å². The summed E-state index contributed by atoms with van der Waals surface area (Å²) >= 11 is 8.07. The molecule has 16 heavy (non-hydrogen) atoms. The molecule has 0 aromatic carbocycles. The molecular formula is C12H28Br2Si2. The van der Waals surface area contributed by atoms with Crippen molar-refractivity contribution in [2.75, 3.05) is 0 Å². The van der Waals surface area contributed by atoms with E-state index in [2.05, 4.69) is 58.3 Å². The quantitative estimate of drug-likeness (QED) is 0.239. The molecule has 0 N–H and O–H groups in total. The molecule has 0 nitrogen and oxygen atoms in total. The molecule has 0 spiro atoms. The van der Waals surface area contributed by atoms with Crippen molar-refractivity contribution in [3.05, 3.63) is 0 Å². The molecule has 0 aliphatic heterocycles. The van der Waals surface area contributed by atoms with Gasteiger partial charge in [-0.1, -0.05) is 64.7 Å². The lowest BCUT2D eigenvalue weighted by Gasteiger charge is -2.24. The van der Waals surface area contributed by atoms with Crippen LogP contribution in [0, 0.1) is 0 Å². The van der Waals surface area contributed by atoms with E-state index in [1.165, 1.54) is 49.1 Å². The summed E-state index contributed by atoms with van der Waals surface area (Å²) in [6, 6.07) is 8.52. The SMILES string of the molecule is CC[Si](Br)(CC)CCCC[Si](Br)(CC)CC. The van der Waals surface area contributed by atoms with Crippen molar-refractivity contribution in [3.8, 4) is 0 Å². The zero-order valence-electron chi connectivity index (χ0n) is 11.4. The summed E-state index contributed by atoms with van der Waals surface area (Å²) in [4.78, 5) is 0. The normalized spacial score (nSPS) is 13.1. The van der Waals surface area contributed by atoms with E-state index in [0.717, 1.165) is 0 Å². The third kappa shape index (κ3) is 6.36. The van der Waals surface area contributed by atoms with Crippen molar-refractivity contribution in [1.82, 2.24) is 0 Å². The fourth-order valence-electron chi connectivity index (χ4n) is 2.09. The highest BCUT2D eigenvalue weighted by Crippen LogP contribution is 2.33. The molecule has 0 saturated heterocycles. The van der Waals surface area contributed by atoms with Crippen LogP contribution >= 0.6 is 30.6 Å². The van der Waals surface area contributed by atoms with Gasteiger partial charge in [-0.15, -0.1) is 30.6 Å². The Balaban J connectivity index is 3.83. The predicted octanol–water partition coefficient (Wildman–Crippen LogP) is 6.53. The maximum atomic E-state index is 4.04. The van der Waals surface area contributed by atoms with Crippen molar-refractivity contribution < 1.29 is 0 Å². The van der Waals surface area contributed by atoms with Gasteiger partial charge in [-0.2, -0.15) is 0 Å². The maximum Gasteiger partial charge on any atom is 0.129 e. The molecule has 0 heterocycles. The first kappa shape index (κ1) is 17.4. The highest BCUT2D eigenvalue weighted by Gasteiger charge is 2.27. The largest absolute Gasteiger partial charge is 0.129 e. The van der Waals surface area contributed by atoms with E-state index >= 15 is 0 Å². The molecule has 0 aromatic heterocycles. The van der Waals surface area contributed by atoms with Crippen LogP contribution < -0.4 is 0 Å². The monoisotopic (exact) mass is 386 g/mol. The summed E-state index contributed by atoms with van der Waals surface area (Å²) in [5.41, 5.74) is 0. The summed E-state index contributed by atoms with van der Waals surface area (Å²) < 4.78 is 0. The molecule has 98 valence electrons. The fraction of sp³-hybridized carbons (Fsp3) is 1.00. The van der Waals surface area contributed by atoms with Gasteiger partial charge in [0.1, 0.15) is 13.4 Å². The molecule has 0 aliphatic carbocycles. The van der Waals surface area contributed by atoms with Gasteiger partial charge in [0.05, 0.1) is 0 Å². The average molecular weight is 388 g/mol. The summed E-state index contributed by atoms with van der Waals surface area (Å²) in [6.45, 7) is 7.41. The zero-order valence-corrected chi connectivity index (χ0v) is 16.6. The van der Waals surface area contributed by atoms with Crippen molar-refractivity contribution >= 4 is 44.0 Å². The lowest BCUT2D eigenvalue weighted by Crippen LogP contribution is -2.25. The van der Waals surface area contributed by atoms with Gasteiger partial charge in [-0.05, 0) is 12.1 Å². The molecule has 0 radical (unpaired) electrons. The van der Waals surface area contributed by atoms with Crippen LogP contribution in [-0.2, 0) is 0 Å². The molecular weight excluding hydrogens is 360 g/mol. The van der Waals surface area contributed by atoms with Crippen molar-refractivity contribution in [1.29, 1.82) is 0 Å². The lowest BCUT2D eigenvalue weighted by atomic mass is 10.4. The predicted molar refractivity (Wildman–Crippen MR) is 90.1 cm³/mol. The minimum Gasteiger partial charge on any atom is -0.126 e. The molecule has 0 aliphatic rings. The number of unbranched alkanes of at least 4 members (excludes halogenated alkanes) is 1. The Morgan fingerprint density at radius 1 is 0.625 bits per heavy atom. The molecule has 0 atom stereocenters. The van der Waals surface area contributed by atoms with Crippen molar-refractivity contribution in [2.24, 2.45) is 0 Å². The van der Waals surface area contributed by atoms with E-state index in [1.807, 2.05) is 0 Å². The molecule has 0 saturated carbocycles. The van der Waals surface area contributed by atoms with E-state index in [4.69, 9.17) is 0 Å². The van der Waals surface area contributed by atoms with Crippen LogP contribution in [0.1, 0.15) is 40.5 Å². The van der Waals surface area contributed by atoms with Gasteiger partial charge in [0, 0.05) is 0 Å². The van der Waals surface area contributed by atoms with Crippen LogP contribution in [0.4, 0.5) is 0 Å². The van der Waals surface area contributed by atoms with E-state index in [-0.39, 0.29) is 0 Å². The van der Waals surface area contributed by atoms with E-state index in [1.54, 1.807) is 0 Å². The summed E-state index contributed by atoms with van der Waals surface area (Å²) in [7, 11) is 0. The summed E-state index contributed by atoms with van der Waals surface area (Å²) in [5.74, 6) is 0. The van der Waals surface area contributed by atoms with Gasteiger partial charge < -0.3 is 0 Å². The molecule has 0 unspecified atom stereocenters.